The lowest BCUT2D eigenvalue weighted by atomic mass is 10.1. The molecule has 0 aliphatic rings. The van der Waals surface area contributed by atoms with Gasteiger partial charge in [-0.2, -0.15) is 13.2 Å². The second kappa shape index (κ2) is 12.2. The van der Waals surface area contributed by atoms with E-state index in [0.717, 1.165) is 28.8 Å². The fraction of sp³-hybridized carbons (Fsp3) is 0.200. The van der Waals surface area contributed by atoms with Crippen molar-refractivity contribution in [3.05, 3.63) is 107 Å². The van der Waals surface area contributed by atoms with Crippen LogP contribution >= 0.6 is 0 Å². The Morgan fingerprint density at radius 1 is 0.865 bits per heavy atom. The lowest BCUT2D eigenvalue weighted by Crippen LogP contribution is -2.33. The van der Waals surface area contributed by atoms with Crippen molar-refractivity contribution in [2.45, 2.75) is 26.6 Å². The van der Waals surface area contributed by atoms with Crippen LogP contribution in [0.4, 0.5) is 18.9 Å². The summed E-state index contributed by atoms with van der Waals surface area (Å²) >= 11 is 0. The minimum Gasteiger partial charge on any atom is -0.466 e. The number of amides is 1. The first-order chi connectivity index (χ1) is 17.6. The van der Waals surface area contributed by atoms with Gasteiger partial charge in [-0.1, -0.05) is 74.5 Å². The van der Waals surface area contributed by atoms with Gasteiger partial charge in [0.1, 0.15) is 0 Å². The van der Waals surface area contributed by atoms with Gasteiger partial charge in [0.05, 0.1) is 19.2 Å². The Balaban J connectivity index is 1.79. The Hall–Kier alpha value is -4.13. The van der Waals surface area contributed by atoms with Crippen molar-refractivity contribution in [1.29, 1.82) is 0 Å². The number of benzene rings is 3. The zero-order valence-electron chi connectivity index (χ0n) is 20.8. The highest BCUT2D eigenvalue weighted by Gasteiger charge is 2.30. The van der Waals surface area contributed by atoms with E-state index >= 15 is 0 Å². The van der Waals surface area contributed by atoms with Gasteiger partial charge in [0.25, 0.3) is 0 Å². The summed E-state index contributed by atoms with van der Waals surface area (Å²) in [7, 11) is 1.30. The molecule has 0 radical (unpaired) electrons. The van der Waals surface area contributed by atoms with Crippen LogP contribution in [-0.2, 0) is 27.0 Å². The van der Waals surface area contributed by atoms with Crippen LogP contribution in [0.1, 0.15) is 41.7 Å². The Labute approximate surface area is 214 Å². The van der Waals surface area contributed by atoms with E-state index in [2.05, 4.69) is 4.74 Å². The Morgan fingerprint density at radius 2 is 1.49 bits per heavy atom. The van der Waals surface area contributed by atoms with Crippen LogP contribution in [0.15, 0.2) is 78.9 Å². The number of alkyl halides is 3. The van der Waals surface area contributed by atoms with E-state index in [0.29, 0.717) is 17.8 Å². The number of methoxy groups -OCH3 is 1. The number of carbonyl (C=O) groups excluding carboxylic acids is 2. The smallest absolute Gasteiger partial charge is 0.416 e. The Morgan fingerprint density at radius 3 is 2.11 bits per heavy atom. The van der Waals surface area contributed by atoms with Gasteiger partial charge in [0, 0.05) is 17.7 Å². The zero-order valence-corrected chi connectivity index (χ0v) is 20.8. The van der Waals surface area contributed by atoms with Crippen molar-refractivity contribution < 1.29 is 27.5 Å². The lowest BCUT2D eigenvalue weighted by molar-refractivity contribution is -0.137. The molecule has 1 amide bonds. The third-order valence-electron chi connectivity index (χ3n) is 5.56. The molecule has 0 fully saturated rings. The van der Waals surface area contributed by atoms with Crippen LogP contribution in [0.5, 0.6) is 0 Å². The predicted molar refractivity (Wildman–Crippen MR) is 140 cm³/mol. The molecule has 0 aliphatic carbocycles. The van der Waals surface area contributed by atoms with E-state index in [4.69, 9.17) is 0 Å². The molecule has 0 heterocycles. The summed E-state index contributed by atoms with van der Waals surface area (Å²) in [5, 5.41) is 0. The highest BCUT2D eigenvalue weighted by atomic mass is 19.4. The van der Waals surface area contributed by atoms with Crippen LogP contribution in [0, 0.1) is 5.92 Å². The van der Waals surface area contributed by atoms with Gasteiger partial charge in [0.15, 0.2) is 0 Å². The first kappa shape index (κ1) is 27.5. The number of rotatable bonds is 8. The van der Waals surface area contributed by atoms with E-state index in [-0.39, 0.29) is 11.8 Å². The standard InChI is InChI=1S/C30H28F3NO3/c1-21(2)29(36)34(27-9-5-7-24(19-27)16-17-28(35)37-3)20-25-14-11-22(12-15-25)10-13-23-6-4-8-26(18-23)30(31,32)33/h4-19,21H,20H2,1-3H3/b13-10+,17-16+. The Kier molecular flexibility index (Phi) is 9.06. The number of carbonyl (C=O) groups is 2. The number of ether oxygens (including phenoxy) is 1. The summed E-state index contributed by atoms with van der Waals surface area (Å²) in [6.45, 7) is 3.99. The number of anilines is 1. The normalized spacial score (nSPS) is 11.9. The van der Waals surface area contributed by atoms with Gasteiger partial charge >= 0.3 is 12.1 Å². The molecule has 3 rings (SSSR count). The average Bonchev–Trinajstić information content (AvgIpc) is 2.89. The quantitative estimate of drug-likeness (QED) is 0.183. The number of hydrogen-bond acceptors (Lipinski definition) is 3. The molecule has 192 valence electrons. The molecule has 0 bridgehead atoms. The predicted octanol–water partition coefficient (Wildman–Crippen LogP) is 7.25. The molecule has 3 aromatic rings. The lowest BCUT2D eigenvalue weighted by Gasteiger charge is -2.25. The largest absolute Gasteiger partial charge is 0.466 e. The summed E-state index contributed by atoms with van der Waals surface area (Å²) in [5.74, 6) is -0.755. The van der Waals surface area contributed by atoms with Gasteiger partial charge in [-0.3, -0.25) is 4.79 Å². The number of esters is 1. The maximum atomic E-state index is 13.0. The summed E-state index contributed by atoms with van der Waals surface area (Å²) in [5.41, 5.74) is 2.91. The first-order valence-electron chi connectivity index (χ1n) is 11.7. The molecule has 37 heavy (non-hydrogen) atoms. The molecule has 0 aromatic heterocycles. The zero-order chi connectivity index (χ0) is 27.0. The summed E-state index contributed by atoms with van der Waals surface area (Å²) in [6.07, 6.45) is 1.93. The van der Waals surface area contributed by atoms with E-state index in [1.54, 1.807) is 29.2 Å². The maximum Gasteiger partial charge on any atom is 0.416 e. The van der Waals surface area contributed by atoms with E-state index in [1.165, 1.54) is 19.3 Å². The molecule has 7 heteroatoms. The average molecular weight is 508 g/mol. The summed E-state index contributed by atoms with van der Waals surface area (Å²) in [6, 6.07) is 19.9. The van der Waals surface area contributed by atoms with Crippen molar-refractivity contribution in [3.63, 3.8) is 0 Å². The molecule has 3 aromatic carbocycles. The SMILES string of the molecule is COC(=O)/C=C/c1cccc(N(Cc2ccc(/C=C/c3cccc(C(F)(F)F)c3)cc2)C(=O)C(C)C)c1. The van der Waals surface area contributed by atoms with Crippen LogP contribution in [0.25, 0.3) is 18.2 Å². The van der Waals surface area contributed by atoms with Crippen molar-refractivity contribution in [2.24, 2.45) is 5.92 Å². The molecule has 0 atom stereocenters. The number of nitrogens with zero attached hydrogens (tertiary/aromatic N) is 1. The summed E-state index contributed by atoms with van der Waals surface area (Å²) < 4.78 is 43.5. The number of halogens is 3. The second-order valence-corrected chi connectivity index (χ2v) is 8.73. The third-order valence-corrected chi connectivity index (χ3v) is 5.56. The topological polar surface area (TPSA) is 46.6 Å². The molecule has 0 aliphatic heterocycles. The van der Waals surface area contributed by atoms with Crippen molar-refractivity contribution in [1.82, 2.24) is 0 Å². The Bertz CT molecular complexity index is 1290. The molecular formula is C30H28F3NO3. The molecule has 0 spiro atoms. The number of hydrogen-bond donors (Lipinski definition) is 0. The molecule has 0 saturated heterocycles. The molecule has 0 saturated carbocycles. The highest BCUT2D eigenvalue weighted by Crippen LogP contribution is 2.30. The minimum absolute atomic E-state index is 0.0531. The highest BCUT2D eigenvalue weighted by molar-refractivity contribution is 5.95. The monoisotopic (exact) mass is 507 g/mol. The van der Waals surface area contributed by atoms with Crippen LogP contribution in [-0.4, -0.2) is 19.0 Å². The van der Waals surface area contributed by atoms with E-state index < -0.39 is 17.7 Å². The molecular weight excluding hydrogens is 479 g/mol. The van der Waals surface area contributed by atoms with Crippen molar-refractivity contribution in [3.8, 4) is 0 Å². The summed E-state index contributed by atoms with van der Waals surface area (Å²) in [4.78, 5) is 26.2. The van der Waals surface area contributed by atoms with Gasteiger partial charge in [-0.15, -0.1) is 0 Å². The van der Waals surface area contributed by atoms with E-state index in [9.17, 15) is 22.8 Å². The van der Waals surface area contributed by atoms with Crippen LogP contribution < -0.4 is 4.90 Å². The fourth-order valence-electron chi connectivity index (χ4n) is 3.56. The fourth-order valence-corrected chi connectivity index (χ4v) is 3.56. The molecule has 0 N–H and O–H groups in total. The molecule has 0 unspecified atom stereocenters. The van der Waals surface area contributed by atoms with Crippen molar-refractivity contribution in [2.75, 3.05) is 12.0 Å². The van der Waals surface area contributed by atoms with Crippen molar-refractivity contribution >= 4 is 35.8 Å². The first-order valence-corrected chi connectivity index (χ1v) is 11.7. The second-order valence-electron chi connectivity index (χ2n) is 8.73. The van der Waals surface area contributed by atoms with Gasteiger partial charge in [-0.05, 0) is 52.6 Å². The third kappa shape index (κ3) is 7.93. The van der Waals surface area contributed by atoms with E-state index in [1.807, 2.05) is 62.4 Å². The molecule has 4 nitrogen and oxygen atoms in total. The van der Waals surface area contributed by atoms with Gasteiger partial charge < -0.3 is 9.64 Å². The van der Waals surface area contributed by atoms with Crippen LogP contribution in [0.2, 0.25) is 0 Å². The maximum absolute atomic E-state index is 13.0. The van der Waals surface area contributed by atoms with Gasteiger partial charge in [0.2, 0.25) is 5.91 Å². The van der Waals surface area contributed by atoms with Crippen LogP contribution in [0.3, 0.4) is 0 Å². The van der Waals surface area contributed by atoms with Gasteiger partial charge in [-0.25, -0.2) is 4.79 Å². The minimum atomic E-state index is -4.39.